The Balaban J connectivity index is 1.96. The van der Waals surface area contributed by atoms with Gasteiger partial charge in [0.1, 0.15) is 0 Å². The van der Waals surface area contributed by atoms with Gasteiger partial charge in [-0.1, -0.05) is 6.07 Å². The van der Waals surface area contributed by atoms with Crippen molar-refractivity contribution in [3.05, 3.63) is 22.4 Å². The summed E-state index contributed by atoms with van der Waals surface area (Å²) in [6, 6.07) is 4.71. The largest absolute Gasteiger partial charge is 0.359 e. The predicted octanol–water partition coefficient (Wildman–Crippen LogP) is 2.56. The Morgan fingerprint density at radius 3 is 2.78 bits per heavy atom. The summed E-state index contributed by atoms with van der Waals surface area (Å²) < 4.78 is 0. The van der Waals surface area contributed by atoms with Crippen molar-refractivity contribution in [3.8, 4) is 0 Å². The second-order valence-corrected chi connectivity index (χ2v) is 6.65. The fraction of sp³-hybridized carbons (Fsp3) is 0.643. The monoisotopic (exact) mass is 266 g/mol. The molecule has 1 atom stereocenters. The molecule has 0 aliphatic heterocycles. The van der Waals surface area contributed by atoms with Gasteiger partial charge in [-0.05, 0) is 44.1 Å². The molecule has 2 rings (SSSR count). The molecule has 1 heterocycles. The molecule has 0 bridgehead atoms. The number of nitrogens with one attached hydrogen (secondary N) is 2. The maximum absolute atomic E-state index is 11.8. The predicted molar refractivity (Wildman–Crippen MR) is 75.6 cm³/mol. The first-order valence-corrected chi connectivity index (χ1v) is 7.41. The van der Waals surface area contributed by atoms with Gasteiger partial charge < -0.3 is 10.6 Å². The minimum atomic E-state index is -0.362. The van der Waals surface area contributed by atoms with Crippen molar-refractivity contribution in [2.45, 2.75) is 32.7 Å². The van der Waals surface area contributed by atoms with Gasteiger partial charge in [-0.2, -0.15) is 0 Å². The molecule has 100 valence electrons. The van der Waals surface area contributed by atoms with Crippen molar-refractivity contribution < 1.29 is 4.79 Å². The first-order valence-electron chi connectivity index (χ1n) is 6.53. The average Bonchev–Trinajstić information content (AvgIpc) is 3.03. The van der Waals surface area contributed by atoms with Crippen molar-refractivity contribution in [2.24, 2.45) is 11.3 Å². The van der Waals surface area contributed by atoms with Crippen molar-refractivity contribution in [3.63, 3.8) is 0 Å². The number of hydrogen-bond acceptors (Lipinski definition) is 3. The van der Waals surface area contributed by atoms with Gasteiger partial charge in [-0.25, -0.2) is 0 Å². The van der Waals surface area contributed by atoms with Gasteiger partial charge in [-0.3, -0.25) is 4.79 Å². The summed E-state index contributed by atoms with van der Waals surface area (Å²) in [7, 11) is 1.70. The standard InChI is InChI=1S/C14H22N2OS/c1-14(2,13(17)15-3)9-16-12(10-6-7-10)11-5-4-8-18-11/h4-5,8,10,12,16H,6-7,9H2,1-3H3,(H,15,17). The third-order valence-electron chi connectivity index (χ3n) is 3.55. The zero-order chi connectivity index (χ0) is 13.2. The Kier molecular flexibility index (Phi) is 4.07. The Labute approximate surface area is 113 Å². The highest BCUT2D eigenvalue weighted by Gasteiger charge is 2.35. The molecule has 1 saturated carbocycles. The number of rotatable bonds is 6. The Morgan fingerprint density at radius 1 is 1.56 bits per heavy atom. The SMILES string of the molecule is CNC(=O)C(C)(C)CNC(c1cccs1)C1CC1. The van der Waals surface area contributed by atoms with Crippen LogP contribution in [0.5, 0.6) is 0 Å². The molecule has 0 saturated heterocycles. The molecule has 0 aromatic carbocycles. The average molecular weight is 266 g/mol. The molecular weight excluding hydrogens is 244 g/mol. The molecule has 18 heavy (non-hydrogen) atoms. The molecule has 1 aliphatic rings. The van der Waals surface area contributed by atoms with E-state index in [0.717, 1.165) is 5.92 Å². The molecule has 3 nitrogen and oxygen atoms in total. The van der Waals surface area contributed by atoms with Gasteiger partial charge in [0.25, 0.3) is 0 Å². The van der Waals surface area contributed by atoms with E-state index in [9.17, 15) is 4.79 Å². The van der Waals surface area contributed by atoms with E-state index in [4.69, 9.17) is 0 Å². The Bertz CT molecular complexity index is 396. The van der Waals surface area contributed by atoms with E-state index >= 15 is 0 Å². The summed E-state index contributed by atoms with van der Waals surface area (Å²) in [5.41, 5.74) is -0.362. The third-order valence-corrected chi connectivity index (χ3v) is 4.50. The van der Waals surface area contributed by atoms with E-state index in [0.29, 0.717) is 12.6 Å². The van der Waals surface area contributed by atoms with Crippen LogP contribution in [0.3, 0.4) is 0 Å². The highest BCUT2D eigenvalue weighted by atomic mass is 32.1. The molecule has 1 aliphatic carbocycles. The fourth-order valence-corrected chi connectivity index (χ4v) is 3.07. The van der Waals surface area contributed by atoms with Crippen LogP contribution in [-0.2, 0) is 4.79 Å². The summed E-state index contributed by atoms with van der Waals surface area (Å²) in [5, 5.41) is 8.44. The molecule has 2 N–H and O–H groups in total. The van der Waals surface area contributed by atoms with Crippen LogP contribution in [0.1, 0.15) is 37.6 Å². The van der Waals surface area contributed by atoms with E-state index in [1.54, 1.807) is 18.4 Å². The van der Waals surface area contributed by atoms with Gasteiger partial charge in [0.05, 0.1) is 5.41 Å². The smallest absolute Gasteiger partial charge is 0.226 e. The number of carbonyl (C=O) groups excluding carboxylic acids is 1. The highest BCUT2D eigenvalue weighted by molar-refractivity contribution is 7.10. The molecule has 0 spiro atoms. The van der Waals surface area contributed by atoms with Crippen LogP contribution in [0.4, 0.5) is 0 Å². The van der Waals surface area contributed by atoms with Crippen LogP contribution < -0.4 is 10.6 Å². The first kappa shape index (κ1) is 13.6. The number of carbonyl (C=O) groups is 1. The van der Waals surface area contributed by atoms with Crippen molar-refractivity contribution in [2.75, 3.05) is 13.6 Å². The number of amides is 1. The van der Waals surface area contributed by atoms with Crippen LogP contribution in [0.25, 0.3) is 0 Å². The van der Waals surface area contributed by atoms with Crippen LogP contribution >= 0.6 is 11.3 Å². The van der Waals surface area contributed by atoms with E-state index in [1.807, 2.05) is 13.8 Å². The van der Waals surface area contributed by atoms with Gasteiger partial charge in [0.15, 0.2) is 0 Å². The minimum Gasteiger partial charge on any atom is -0.359 e. The van der Waals surface area contributed by atoms with Gasteiger partial charge in [-0.15, -0.1) is 11.3 Å². The summed E-state index contributed by atoms with van der Waals surface area (Å²) in [4.78, 5) is 13.2. The Hall–Kier alpha value is -0.870. The minimum absolute atomic E-state index is 0.0933. The van der Waals surface area contributed by atoms with Crippen LogP contribution in [0.2, 0.25) is 0 Å². The lowest BCUT2D eigenvalue weighted by atomic mass is 9.91. The molecule has 4 heteroatoms. The molecule has 1 fully saturated rings. The lowest BCUT2D eigenvalue weighted by molar-refractivity contribution is -0.128. The lowest BCUT2D eigenvalue weighted by Gasteiger charge is -2.26. The second kappa shape index (κ2) is 5.41. The molecule has 1 aromatic rings. The van der Waals surface area contributed by atoms with Crippen LogP contribution in [0.15, 0.2) is 17.5 Å². The van der Waals surface area contributed by atoms with E-state index < -0.39 is 0 Å². The van der Waals surface area contributed by atoms with Gasteiger partial charge in [0, 0.05) is 24.5 Å². The fourth-order valence-electron chi connectivity index (χ4n) is 2.18. The van der Waals surface area contributed by atoms with Crippen molar-refractivity contribution >= 4 is 17.2 Å². The van der Waals surface area contributed by atoms with Crippen LogP contribution in [-0.4, -0.2) is 19.5 Å². The molecular formula is C14H22N2OS. The molecule has 1 unspecified atom stereocenters. The summed E-state index contributed by atoms with van der Waals surface area (Å²) in [5.74, 6) is 0.847. The van der Waals surface area contributed by atoms with E-state index in [2.05, 4.69) is 28.1 Å². The Morgan fingerprint density at radius 2 is 2.28 bits per heavy atom. The zero-order valence-electron chi connectivity index (χ0n) is 11.3. The third kappa shape index (κ3) is 3.12. The first-order chi connectivity index (χ1) is 8.54. The molecule has 0 radical (unpaired) electrons. The quantitative estimate of drug-likeness (QED) is 0.831. The second-order valence-electron chi connectivity index (χ2n) is 5.67. The van der Waals surface area contributed by atoms with Gasteiger partial charge in [0.2, 0.25) is 5.91 Å². The normalized spacial score (nSPS) is 17.5. The number of hydrogen-bond donors (Lipinski definition) is 2. The number of thiophene rings is 1. The van der Waals surface area contributed by atoms with E-state index in [1.165, 1.54) is 17.7 Å². The van der Waals surface area contributed by atoms with E-state index in [-0.39, 0.29) is 11.3 Å². The van der Waals surface area contributed by atoms with Crippen molar-refractivity contribution in [1.82, 2.24) is 10.6 Å². The maximum Gasteiger partial charge on any atom is 0.226 e. The van der Waals surface area contributed by atoms with Gasteiger partial charge >= 0.3 is 0 Å². The van der Waals surface area contributed by atoms with Crippen molar-refractivity contribution in [1.29, 1.82) is 0 Å². The topological polar surface area (TPSA) is 41.1 Å². The van der Waals surface area contributed by atoms with Crippen LogP contribution in [0, 0.1) is 11.3 Å². The zero-order valence-corrected chi connectivity index (χ0v) is 12.1. The molecule has 1 aromatic heterocycles. The summed E-state index contributed by atoms with van der Waals surface area (Å²) in [6.07, 6.45) is 2.60. The summed E-state index contributed by atoms with van der Waals surface area (Å²) in [6.45, 7) is 4.68. The molecule has 1 amide bonds. The maximum atomic E-state index is 11.8. The highest BCUT2D eigenvalue weighted by Crippen LogP contribution is 2.42. The summed E-state index contributed by atoms with van der Waals surface area (Å²) >= 11 is 1.80. The lowest BCUT2D eigenvalue weighted by Crippen LogP contribution is -2.43.